The molecule has 1 unspecified atom stereocenters. The number of anilines is 1. The second-order valence-electron chi connectivity index (χ2n) is 7.95. The van der Waals surface area contributed by atoms with Gasteiger partial charge in [-0.3, -0.25) is 9.69 Å². The minimum absolute atomic E-state index is 0.109. The van der Waals surface area contributed by atoms with E-state index in [4.69, 9.17) is 16.3 Å². The van der Waals surface area contributed by atoms with Crippen LogP contribution in [0.1, 0.15) is 18.4 Å². The fraction of sp³-hybridized carbons (Fsp3) is 0.348. The van der Waals surface area contributed by atoms with Gasteiger partial charge < -0.3 is 9.64 Å². The monoisotopic (exact) mass is 438 g/mol. The van der Waals surface area contributed by atoms with Crippen LogP contribution in [-0.4, -0.2) is 36.5 Å². The van der Waals surface area contributed by atoms with E-state index in [1.165, 1.54) is 17.0 Å². The van der Waals surface area contributed by atoms with Crippen molar-refractivity contribution in [2.45, 2.75) is 25.4 Å². The van der Waals surface area contributed by atoms with Crippen LogP contribution in [0.3, 0.4) is 0 Å². The van der Waals surface area contributed by atoms with Gasteiger partial charge in [0.05, 0.1) is 23.7 Å². The fourth-order valence-corrected chi connectivity index (χ4v) is 4.33. The lowest BCUT2D eigenvalue weighted by Gasteiger charge is -2.40. The molecule has 0 N–H and O–H groups in total. The van der Waals surface area contributed by atoms with Crippen LogP contribution in [0.2, 0.25) is 5.02 Å². The zero-order valence-electron chi connectivity index (χ0n) is 16.7. The van der Waals surface area contributed by atoms with Gasteiger partial charge in [-0.25, -0.2) is 4.39 Å². The molecule has 2 aromatic rings. The summed E-state index contributed by atoms with van der Waals surface area (Å²) in [4.78, 5) is 16.2. The molecule has 2 aliphatic rings. The van der Waals surface area contributed by atoms with Gasteiger partial charge >= 0.3 is 0 Å². The number of amides is 1. The van der Waals surface area contributed by atoms with E-state index in [1.54, 1.807) is 35.2 Å². The Morgan fingerprint density at radius 1 is 1.19 bits per heavy atom. The largest absolute Gasteiger partial charge is 0.476 e. The van der Waals surface area contributed by atoms with Crippen LogP contribution in [0, 0.1) is 34.0 Å². The summed E-state index contributed by atoms with van der Waals surface area (Å²) >= 11 is 6.01. The van der Waals surface area contributed by atoms with Crippen LogP contribution in [-0.2, 0) is 11.2 Å². The molecule has 2 heterocycles. The van der Waals surface area contributed by atoms with Crippen LogP contribution in [0.4, 0.5) is 10.1 Å². The predicted molar refractivity (Wildman–Crippen MR) is 113 cm³/mol. The van der Waals surface area contributed by atoms with Crippen molar-refractivity contribution in [3.8, 4) is 18.0 Å². The summed E-state index contributed by atoms with van der Waals surface area (Å²) in [5.41, 5.74) is 0.850. The second-order valence-corrected chi connectivity index (χ2v) is 8.39. The Balaban J connectivity index is 1.43. The van der Waals surface area contributed by atoms with Gasteiger partial charge in [0.2, 0.25) is 0 Å². The van der Waals surface area contributed by atoms with Crippen molar-refractivity contribution in [1.82, 2.24) is 4.90 Å². The highest BCUT2D eigenvalue weighted by Crippen LogP contribution is 2.37. The molecular formula is C23H20ClFN4O2. The zero-order chi connectivity index (χ0) is 22.0. The third-order valence-corrected chi connectivity index (χ3v) is 6.19. The summed E-state index contributed by atoms with van der Waals surface area (Å²) in [6.07, 6.45) is 2.84. The smallest absolute Gasteiger partial charge is 0.265 e. The number of halogens is 2. The van der Waals surface area contributed by atoms with Crippen molar-refractivity contribution in [3.05, 3.63) is 58.9 Å². The SMILES string of the molecule is N#CN1CC(C(=O)N2CCC(C#N)(Cc3ccc(F)cc3)CC2)Oc2ccc(Cl)cc21. The normalized spacial score (nSPS) is 19.5. The molecule has 0 spiro atoms. The summed E-state index contributed by atoms with van der Waals surface area (Å²) in [6.45, 7) is 0.957. The van der Waals surface area contributed by atoms with E-state index >= 15 is 0 Å². The summed E-state index contributed by atoms with van der Waals surface area (Å²) in [7, 11) is 0. The first-order valence-corrected chi connectivity index (χ1v) is 10.4. The number of ether oxygens (including phenoxy) is 1. The Morgan fingerprint density at radius 2 is 1.90 bits per heavy atom. The maximum atomic E-state index is 13.2. The maximum Gasteiger partial charge on any atom is 0.265 e. The summed E-state index contributed by atoms with van der Waals surface area (Å²) in [6, 6.07) is 13.6. The number of hydrogen-bond acceptors (Lipinski definition) is 5. The minimum atomic E-state index is -0.806. The van der Waals surface area contributed by atoms with Gasteiger partial charge in [0.1, 0.15) is 11.6 Å². The molecule has 1 amide bonds. The lowest BCUT2D eigenvalue weighted by atomic mass is 9.75. The number of hydrogen-bond donors (Lipinski definition) is 0. The number of rotatable bonds is 3. The molecule has 2 aliphatic heterocycles. The standard InChI is InChI=1S/C23H20ClFN4O2/c24-17-3-6-20-19(11-17)29(15-27)13-21(31-20)22(30)28-9-7-23(14-26,8-10-28)12-16-1-4-18(25)5-2-16/h1-6,11,21H,7-10,12-13H2. The number of fused-ring (bicyclic) bond motifs is 1. The van der Waals surface area contributed by atoms with E-state index in [-0.39, 0.29) is 18.3 Å². The Labute approximate surface area is 185 Å². The summed E-state index contributed by atoms with van der Waals surface area (Å²) < 4.78 is 19.1. The second kappa shape index (κ2) is 8.45. The number of nitrogens with zero attached hydrogens (tertiary/aromatic N) is 4. The summed E-state index contributed by atoms with van der Waals surface area (Å²) in [5.74, 6) is -0.0673. The number of carbonyl (C=O) groups excluding carboxylic acids is 1. The minimum Gasteiger partial charge on any atom is -0.476 e. The van der Waals surface area contributed by atoms with Crippen molar-refractivity contribution >= 4 is 23.2 Å². The number of carbonyl (C=O) groups is 1. The van der Waals surface area contributed by atoms with E-state index in [9.17, 15) is 19.7 Å². The molecule has 2 aromatic carbocycles. The number of piperidine rings is 1. The van der Waals surface area contributed by atoms with Crippen LogP contribution in [0.15, 0.2) is 42.5 Å². The molecule has 0 bridgehead atoms. The molecule has 8 heteroatoms. The first-order chi connectivity index (χ1) is 14.9. The Hall–Kier alpha value is -3.29. The van der Waals surface area contributed by atoms with Gasteiger partial charge in [0.25, 0.3) is 5.91 Å². The Bertz CT molecular complexity index is 1070. The maximum absolute atomic E-state index is 13.2. The molecule has 0 aromatic heterocycles. The van der Waals surface area contributed by atoms with Crippen molar-refractivity contribution in [2.75, 3.05) is 24.5 Å². The topological polar surface area (TPSA) is 80.4 Å². The van der Waals surface area contributed by atoms with Gasteiger partial charge in [0, 0.05) is 18.1 Å². The number of likely N-dealkylation sites (tertiary alicyclic amines) is 1. The van der Waals surface area contributed by atoms with Crippen LogP contribution in [0.25, 0.3) is 0 Å². The Kier molecular flexibility index (Phi) is 5.71. The van der Waals surface area contributed by atoms with Crippen molar-refractivity contribution in [1.29, 1.82) is 10.5 Å². The van der Waals surface area contributed by atoms with Gasteiger partial charge in [0.15, 0.2) is 12.3 Å². The molecule has 1 fully saturated rings. The van der Waals surface area contributed by atoms with Crippen LogP contribution < -0.4 is 9.64 Å². The van der Waals surface area contributed by atoms with Gasteiger partial charge in [-0.05, 0) is 55.2 Å². The van der Waals surface area contributed by atoms with E-state index in [0.29, 0.717) is 48.8 Å². The van der Waals surface area contributed by atoms with Gasteiger partial charge in [-0.2, -0.15) is 10.5 Å². The molecule has 4 rings (SSSR count). The quantitative estimate of drug-likeness (QED) is 0.679. The highest BCUT2D eigenvalue weighted by Gasteiger charge is 2.40. The molecule has 0 aliphatic carbocycles. The summed E-state index contributed by atoms with van der Waals surface area (Å²) in [5, 5.41) is 19.8. The molecular weight excluding hydrogens is 419 g/mol. The third kappa shape index (κ3) is 4.28. The highest BCUT2D eigenvalue weighted by atomic mass is 35.5. The molecule has 31 heavy (non-hydrogen) atoms. The molecule has 158 valence electrons. The molecule has 0 saturated carbocycles. The molecule has 0 radical (unpaired) electrons. The number of benzene rings is 2. The molecule has 1 saturated heterocycles. The van der Waals surface area contributed by atoms with E-state index < -0.39 is 11.5 Å². The van der Waals surface area contributed by atoms with Crippen molar-refractivity contribution < 1.29 is 13.9 Å². The highest BCUT2D eigenvalue weighted by molar-refractivity contribution is 6.31. The first kappa shape index (κ1) is 21.0. The molecule has 1 atom stereocenters. The van der Waals surface area contributed by atoms with Crippen LogP contribution >= 0.6 is 11.6 Å². The predicted octanol–water partition coefficient (Wildman–Crippen LogP) is 3.90. The Morgan fingerprint density at radius 3 is 2.55 bits per heavy atom. The zero-order valence-corrected chi connectivity index (χ0v) is 17.5. The third-order valence-electron chi connectivity index (χ3n) is 5.95. The van der Waals surface area contributed by atoms with Crippen molar-refractivity contribution in [2.24, 2.45) is 5.41 Å². The molecule has 6 nitrogen and oxygen atoms in total. The van der Waals surface area contributed by atoms with E-state index in [0.717, 1.165) is 5.56 Å². The lowest BCUT2D eigenvalue weighted by Crippen LogP contribution is -2.52. The van der Waals surface area contributed by atoms with E-state index in [2.05, 4.69) is 12.3 Å². The van der Waals surface area contributed by atoms with E-state index in [1.807, 2.05) is 0 Å². The lowest BCUT2D eigenvalue weighted by molar-refractivity contribution is -0.140. The van der Waals surface area contributed by atoms with Gasteiger partial charge in [-0.1, -0.05) is 23.7 Å². The number of nitriles is 2. The first-order valence-electron chi connectivity index (χ1n) is 10.0. The average molecular weight is 439 g/mol. The van der Waals surface area contributed by atoms with Crippen molar-refractivity contribution in [3.63, 3.8) is 0 Å². The van der Waals surface area contributed by atoms with Crippen LogP contribution in [0.5, 0.6) is 5.75 Å². The fourth-order valence-electron chi connectivity index (χ4n) is 4.16. The van der Waals surface area contributed by atoms with Gasteiger partial charge in [-0.15, -0.1) is 0 Å². The average Bonchev–Trinajstić information content (AvgIpc) is 2.80.